The highest BCUT2D eigenvalue weighted by Crippen LogP contribution is 2.22. The van der Waals surface area contributed by atoms with E-state index in [0.29, 0.717) is 5.56 Å². The molecular weight excluding hydrogens is 283 g/mol. The summed E-state index contributed by atoms with van der Waals surface area (Å²) in [5.41, 5.74) is 1.66. The molecule has 0 bridgehead atoms. The molecule has 0 unspecified atom stereocenters. The Kier molecular flexibility index (Phi) is 3.79. The summed E-state index contributed by atoms with van der Waals surface area (Å²) in [4.78, 5) is 0. The van der Waals surface area contributed by atoms with E-state index in [1.54, 1.807) is 18.2 Å². The van der Waals surface area contributed by atoms with Crippen molar-refractivity contribution in [2.45, 2.75) is 13.5 Å². The van der Waals surface area contributed by atoms with E-state index >= 15 is 0 Å². The van der Waals surface area contributed by atoms with Crippen LogP contribution in [-0.2, 0) is 6.61 Å². The van der Waals surface area contributed by atoms with Gasteiger partial charge in [0.2, 0.25) is 0 Å². The second-order valence-electron chi connectivity index (χ2n) is 3.84. The zero-order valence-corrected chi connectivity index (χ0v) is 11.0. The first-order valence-electron chi connectivity index (χ1n) is 5.28. The maximum atomic E-state index is 13.4. The lowest BCUT2D eigenvalue weighted by atomic mass is 10.2. The molecule has 0 fully saturated rings. The van der Waals surface area contributed by atoms with Crippen LogP contribution in [0.5, 0.6) is 5.75 Å². The predicted molar refractivity (Wildman–Crippen MR) is 69.6 cm³/mol. The first-order chi connectivity index (χ1) is 8.15. The van der Waals surface area contributed by atoms with Crippen LogP contribution < -0.4 is 4.74 Å². The van der Waals surface area contributed by atoms with Gasteiger partial charge in [-0.05, 0) is 36.8 Å². The summed E-state index contributed by atoms with van der Waals surface area (Å²) in [6.07, 6.45) is 0. The molecule has 0 saturated heterocycles. The molecule has 2 aromatic rings. The summed E-state index contributed by atoms with van der Waals surface area (Å²) < 4.78 is 19.9. The van der Waals surface area contributed by atoms with Gasteiger partial charge in [-0.1, -0.05) is 34.1 Å². The van der Waals surface area contributed by atoms with Crippen LogP contribution in [-0.4, -0.2) is 0 Å². The van der Waals surface area contributed by atoms with E-state index in [-0.39, 0.29) is 12.4 Å². The van der Waals surface area contributed by atoms with Gasteiger partial charge in [-0.15, -0.1) is 0 Å². The number of ether oxygens (including phenoxy) is 1. The van der Waals surface area contributed by atoms with Gasteiger partial charge in [-0.25, -0.2) is 4.39 Å². The van der Waals surface area contributed by atoms with E-state index in [4.69, 9.17) is 4.74 Å². The van der Waals surface area contributed by atoms with E-state index in [9.17, 15) is 4.39 Å². The van der Waals surface area contributed by atoms with E-state index in [1.165, 1.54) is 6.07 Å². The van der Waals surface area contributed by atoms with E-state index < -0.39 is 0 Å². The fourth-order valence-corrected chi connectivity index (χ4v) is 2.15. The molecule has 3 heteroatoms. The average molecular weight is 295 g/mol. The molecule has 0 heterocycles. The van der Waals surface area contributed by atoms with Crippen molar-refractivity contribution in [1.29, 1.82) is 0 Å². The average Bonchev–Trinajstić information content (AvgIpc) is 2.27. The predicted octanol–water partition coefficient (Wildman–Crippen LogP) is 4.48. The minimum atomic E-state index is -0.237. The van der Waals surface area contributed by atoms with E-state index in [2.05, 4.69) is 15.9 Å². The van der Waals surface area contributed by atoms with Gasteiger partial charge in [0, 0.05) is 10.0 Å². The molecule has 0 saturated carbocycles. The largest absolute Gasteiger partial charge is 0.489 e. The van der Waals surface area contributed by atoms with Gasteiger partial charge in [0.15, 0.2) is 0 Å². The molecule has 0 radical (unpaired) electrons. The minimum Gasteiger partial charge on any atom is -0.489 e. The first kappa shape index (κ1) is 12.1. The highest BCUT2D eigenvalue weighted by molar-refractivity contribution is 9.10. The zero-order chi connectivity index (χ0) is 12.3. The number of halogens is 2. The molecule has 0 aromatic heterocycles. The van der Waals surface area contributed by atoms with Gasteiger partial charge in [-0.3, -0.25) is 0 Å². The van der Waals surface area contributed by atoms with Crippen molar-refractivity contribution in [2.75, 3.05) is 0 Å². The lowest BCUT2D eigenvalue weighted by Crippen LogP contribution is -1.98. The van der Waals surface area contributed by atoms with Gasteiger partial charge < -0.3 is 4.74 Å². The second kappa shape index (κ2) is 5.32. The third kappa shape index (κ3) is 3.30. The van der Waals surface area contributed by atoms with Crippen molar-refractivity contribution in [3.05, 3.63) is 63.9 Å². The van der Waals surface area contributed by atoms with Gasteiger partial charge in [0.25, 0.3) is 0 Å². The Morgan fingerprint density at radius 2 is 1.94 bits per heavy atom. The Balaban J connectivity index is 2.10. The number of aryl methyl sites for hydroxylation is 1. The van der Waals surface area contributed by atoms with Crippen molar-refractivity contribution in [2.24, 2.45) is 0 Å². The summed E-state index contributed by atoms with van der Waals surface area (Å²) in [5.74, 6) is 0.499. The Morgan fingerprint density at radius 1 is 1.18 bits per heavy atom. The van der Waals surface area contributed by atoms with Crippen molar-refractivity contribution in [3.8, 4) is 5.75 Å². The Morgan fingerprint density at radius 3 is 2.65 bits per heavy atom. The fourth-order valence-electron chi connectivity index (χ4n) is 1.56. The monoisotopic (exact) mass is 294 g/mol. The van der Waals surface area contributed by atoms with Crippen LogP contribution in [0.4, 0.5) is 4.39 Å². The molecule has 0 atom stereocenters. The minimum absolute atomic E-state index is 0.237. The molecular formula is C14H12BrFO. The molecule has 88 valence electrons. The van der Waals surface area contributed by atoms with E-state index in [1.807, 2.05) is 25.1 Å². The Hall–Kier alpha value is -1.35. The second-order valence-corrected chi connectivity index (χ2v) is 4.76. The van der Waals surface area contributed by atoms with Crippen molar-refractivity contribution < 1.29 is 9.13 Å². The summed E-state index contributed by atoms with van der Waals surface area (Å²) in [7, 11) is 0. The Labute approximate surface area is 108 Å². The van der Waals surface area contributed by atoms with Crippen LogP contribution in [0.2, 0.25) is 0 Å². The third-order valence-corrected chi connectivity index (χ3v) is 2.83. The maximum absolute atomic E-state index is 13.4. The lowest BCUT2D eigenvalue weighted by molar-refractivity contribution is 0.299. The molecule has 0 aliphatic heterocycles. The van der Waals surface area contributed by atoms with Crippen LogP contribution in [0.15, 0.2) is 46.9 Å². The topological polar surface area (TPSA) is 9.23 Å². The standard InChI is InChI=1S/C14H12BrFO/c1-10-6-12(15)8-13(7-10)17-9-11-4-2-3-5-14(11)16/h2-8H,9H2,1H3. The quantitative estimate of drug-likeness (QED) is 0.811. The molecule has 0 spiro atoms. The maximum Gasteiger partial charge on any atom is 0.129 e. The smallest absolute Gasteiger partial charge is 0.129 e. The SMILES string of the molecule is Cc1cc(Br)cc(OCc2ccccc2F)c1. The van der Waals surface area contributed by atoms with E-state index in [0.717, 1.165) is 15.8 Å². The third-order valence-electron chi connectivity index (χ3n) is 2.37. The van der Waals surface area contributed by atoms with Crippen molar-refractivity contribution >= 4 is 15.9 Å². The molecule has 0 N–H and O–H groups in total. The zero-order valence-electron chi connectivity index (χ0n) is 9.41. The van der Waals surface area contributed by atoms with Gasteiger partial charge in [0.05, 0.1) is 0 Å². The highest BCUT2D eigenvalue weighted by Gasteiger charge is 2.02. The molecule has 2 aromatic carbocycles. The number of rotatable bonds is 3. The fraction of sp³-hybridized carbons (Fsp3) is 0.143. The molecule has 17 heavy (non-hydrogen) atoms. The summed E-state index contributed by atoms with van der Waals surface area (Å²) in [5, 5.41) is 0. The first-order valence-corrected chi connectivity index (χ1v) is 6.08. The van der Waals surface area contributed by atoms with Gasteiger partial charge in [-0.2, -0.15) is 0 Å². The molecule has 0 amide bonds. The van der Waals surface area contributed by atoms with Gasteiger partial charge in [0.1, 0.15) is 18.2 Å². The molecule has 1 nitrogen and oxygen atoms in total. The molecule has 0 aliphatic rings. The number of hydrogen-bond acceptors (Lipinski definition) is 1. The number of benzene rings is 2. The summed E-state index contributed by atoms with van der Waals surface area (Å²) in [6, 6.07) is 12.4. The normalized spacial score (nSPS) is 10.3. The van der Waals surface area contributed by atoms with Crippen LogP contribution in [0.3, 0.4) is 0 Å². The van der Waals surface area contributed by atoms with Crippen molar-refractivity contribution in [3.63, 3.8) is 0 Å². The van der Waals surface area contributed by atoms with Crippen LogP contribution in [0.25, 0.3) is 0 Å². The van der Waals surface area contributed by atoms with Gasteiger partial charge >= 0.3 is 0 Å². The molecule has 2 rings (SSSR count). The van der Waals surface area contributed by atoms with Crippen LogP contribution in [0, 0.1) is 12.7 Å². The lowest BCUT2D eigenvalue weighted by Gasteiger charge is -2.08. The molecule has 0 aliphatic carbocycles. The summed E-state index contributed by atoms with van der Waals surface area (Å²) in [6.45, 7) is 2.23. The number of hydrogen-bond donors (Lipinski definition) is 0. The highest BCUT2D eigenvalue weighted by atomic mass is 79.9. The summed E-state index contributed by atoms with van der Waals surface area (Å²) >= 11 is 3.40. The van der Waals surface area contributed by atoms with Crippen LogP contribution >= 0.6 is 15.9 Å². The van der Waals surface area contributed by atoms with Crippen LogP contribution in [0.1, 0.15) is 11.1 Å². The Bertz CT molecular complexity index is 505. The van der Waals surface area contributed by atoms with Crippen molar-refractivity contribution in [1.82, 2.24) is 0 Å².